The second-order valence-electron chi connectivity index (χ2n) is 6.05. The van der Waals surface area contributed by atoms with Crippen molar-refractivity contribution >= 4 is 44.1 Å². The van der Waals surface area contributed by atoms with Gasteiger partial charge in [0.05, 0.1) is 10.0 Å². The van der Waals surface area contributed by atoms with E-state index in [4.69, 9.17) is 37.7 Å². The lowest BCUT2D eigenvalue weighted by Crippen LogP contribution is -2.44. The third-order valence-corrected chi connectivity index (χ3v) is 8.37. The third-order valence-electron chi connectivity index (χ3n) is 3.48. The molecule has 0 unspecified atom stereocenters. The van der Waals surface area contributed by atoms with E-state index in [1.807, 2.05) is 0 Å². The molecule has 2 N–H and O–H groups in total. The summed E-state index contributed by atoms with van der Waals surface area (Å²) in [4.78, 5) is 0. The van der Waals surface area contributed by atoms with Gasteiger partial charge < -0.3 is 14.5 Å². The molecule has 0 radical (unpaired) electrons. The van der Waals surface area contributed by atoms with Gasteiger partial charge in [-0.2, -0.15) is 0 Å². The molecular weight excluding hydrogens is 302 g/mol. The summed E-state index contributed by atoms with van der Waals surface area (Å²) in [5, 5.41) is 18.9. The van der Waals surface area contributed by atoms with Crippen LogP contribution in [-0.2, 0) is 0 Å². The van der Waals surface area contributed by atoms with E-state index in [0.29, 0.717) is 15.8 Å². The SMILES string of the molecule is CC(C)(C)[Si](C)(C)Oc1c(Cl)cc(B(O)O)cc1Cl. The van der Waals surface area contributed by atoms with Crippen LogP contribution in [0.2, 0.25) is 28.2 Å². The highest BCUT2D eigenvalue weighted by molar-refractivity contribution is 6.75. The minimum absolute atomic E-state index is 0.0226. The monoisotopic (exact) mass is 320 g/mol. The molecule has 1 aromatic rings. The average molecular weight is 321 g/mol. The Morgan fingerprint density at radius 3 is 1.84 bits per heavy atom. The Kier molecular flexibility index (Phi) is 5.02. The first-order valence-corrected chi connectivity index (χ1v) is 9.66. The van der Waals surface area contributed by atoms with Crippen LogP contribution in [0.5, 0.6) is 5.75 Å². The van der Waals surface area contributed by atoms with Crippen LogP contribution >= 0.6 is 23.2 Å². The first-order chi connectivity index (χ1) is 8.45. The maximum absolute atomic E-state index is 9.13. The van der Waals surface area contributed by atoms with Crippen molar-refractivity contribution in [1.82, 2.24) is 0 Å². The maximum atomic E-state index is 9.13. The van der Waals surface area contributed by atoms with E-state index in [2.05, 4.69) is 33.9 Å². The molecule has 0 spiro atoms. The molecule has 0 amide bonds. The fraction of sp³-hybridized carbons (Fsp3) is 0.500. The van der Waals surface area contributed by atoms with E-state index in [-0.39, 0.29) is 10.5 Å². The van der Waals surface area contributed by atoms with Crippen molar-refractivity contribution < 1.29 is 14.5 Å². The van der Waals surface area contributed by atoms with Crippen LogP contribution < -0.4 is 9.89 Å². The Morgan fingerprint density at radius 1 is 1.11 bits per heavy atom. The third kappa shape index (κ3) is 3.89. The molecular formula is C12H19BCl2O3Si. The van der Waals surface area contributed by atoms with Gasteiger partial charge in [0.25, 0.3) is 8.32 Å². The summed E-state index contributed by atoms with van der Waals surface area (Å²) in [6, 6.07) is 2.92. The molecule has 0 saturated heterocycles. The zero-order chi connectivity index (χ0) is 15.0. The molecule has 3 nitrogen and oxygen atoms in total. The first-order valence-electron chi connectivity index (χ1n) is 6.00. The molecule has 1 rings (SSSR count). The van der Waals surface area contributed by atoms with Crippen molar-refractivity contribution in [3.8, 4) is 5.75 Å². The minimum Gasteiger partial charge on any atom is -0.542 e. The van der Waals surface area contributed by atoms with Crippen molar-refractivity contribution in [3.63, 3.8) is 0 Å². The standard InChI is InChI=1S/C12H19BCl2O3Si/c1-12(2,3)19(4,5)18-11-9(14)6-8(13(16)17)7-10(11)15/h6-7,16-17H,1-5H3. The Morgan fingerprint density at radius 2 is 1.53 bits per heavy atom. The van der Waals surface area contributed by atoms with Crippen molar-refractivity contribution in [3.05, 3.63) is 22.2 Å². The predicted molar refractivity (Wildman–Crippen MR) is 84.1 cm³/mol. The van der Waals surface area contributed by atoms with Gasteiger partial charge in [-0.15, -0.1) is 0 Å². The summed E-state index contributed by atoms with van der Waals surface area (Å²) in [5.41, 5.74) is 0.248. The highest BCUT2D eigenvalue weighted by Gasteiger charge is 2.40. The molecule has 7 heteroatoms. The lowest BCUT2D eigenvalue weighted by atomic mass is 9.80. The highest BCUT2D eigenvalue weighted by Crippen LogP contribution is 2.41. The lowest BCUT2D eigenvalue weighted by molar-refractivity contribution is 0.425. The van der Waals surface area contributed by atoms with Gasteiger partial charge in [-0.05, 0) is 35.7 Å². The topological polar surface area (TPSA) is 49.7 Å². The van der Waals surface area contributed by atoms with Crippen LogP contribution in [0.15, 0.2) is 12.1 Å². The van der Waals surface area contributed by atoms with Gasteiger partial charge in [-0.25, -0.2) is 0 Å². The number of hydrogen-bond acceptors (Lipinski definition) is 3. The fourth-order valence-corrected chi connectivity index (χ4v) is 2.98. The molecule has 0 fully saturated rings. The van der Waals surface area contributed by atoms with Gasteiger partial charge in [-0.3, -0.25) is 0 Å². The highest BCUT2D eigenvalue weighted by atomic mass is 35.5. The summed E-state index contributed by atoms with van der Waals surface area (Å²) in [5.74, 6) is 0.416. The van der Waals surface area contributed by atoms with Crippen LogP contribution in [0.25, 0.3) is 0 Å². The molecule has 0 bridgehead atoms. The van der Waals surface area contributed by atoms with Gasteiger partial charge in [0.2, 0.25) is 0 Å². The molecule has 1 aromatic carbocycles. The molecule has 0 aliphatic carbocycles. The van der Waals surface area contributed by atoms with Crippen LogP contribution in [0.3, 0.4) is 0 Å². The Labute approximate surface area is 125 Å². The van der Waals surface area contributed by atoms with E-state index >= 15 is 0 Å². The van der Waals surface area contributed by atoms with Crippen LogP contribution in [-0.4, -0.2) is 25.5 Å². The molecule has 0 atom stereocenters. The molecule has 0 saturated carbocycles. The molecule has 106 valence electrons. The fourth-order valence-electron chi connectivity index (χ4n) is 1.23. The molecule has 0 heterocycles. The summed E-state index contributed by atoms with van der Waals surface area (Å²) >= 11 is 12.3. The maximum Gasteiger partial charge on any atom is 0.488 e. The first kappa shape index (κ1) is 16.9. The van der Waals surface area contributed by atoms with Gasteiger partial charge in [0.15, 0.2) is 0 Å². The number of rotatable bonds is 3. The van der Waals surface area contributed by atoms with Gasteiger partial charge in [0, 0.05) is 0 Å². The van der Waals surface area contributed by atoms with Crippen LogP contribution in [0.1, 0.15) is 20.8 Å². The van der Waals surface area contributed by atoms with Gasteiger partial charge >= 0.3 is 7.12 Å². The van der Waals surface area contributed by atoms with Crippen LogP contribution in [0.4, 0.5) is 0 Å². The van der Waals surface area contributed by atoms with Crippen LogP contribution in [0, 0.1) is 0 Å². The van der Waals surface area contributed by atoms with Crippen molar-refractivity contribution in [1.29, 1.82) is 0 Å². The second kappa shape index (κ2) is 5.66. The smallest absolute Gasteiger partial charge is 0.488 e. The van der Waals surface area contributed by atoms with Gasteiger partial charge in [-0.1, -0.05) is 44.0 Å². The lowest BCUT2D eigenvalue weighted by Gasteiger charge is -2.37. The quantitative estimate of drug-likeness (QED) is 0.841. The Hall–Kier alpha value is -0.198. The summed E-state index contributed by atoms with van der Waals surface area (Å²) in [6.07, 6.45) is 0. The zero-order valence-corrected chi connectivity index (χ0v) is 14.3. The van der Waals surface area contributed by atoms with E-state index in [0.717, 1.165) is 0 Å². The van der Waals surface area contributed by atoms with Crippen molar-refractivity contribution in [2.75, 3.05) is 0 Å². The normalized spacial score (nSPS) is 12.5. The Bertz CT molecular complexity index is 450. The Balaban J connectivity index is 3.17. The van der Waals surface area contributed by atoms with Crippen molar-refractivity contribution in [2.24, 2.45) is 0 Å². The molecule has 0 aliphatic rings. The van der Waals surface area contributed by atoms with Gasteiger partial charge in [0.1, 0.15) is 5.75 Å². The molecule has 0 aromatic heterocycles. The largest absolute Gasteiger partial charge is 0.542 e. The summed E-state index contributed by atoms with van der Waals surface area (Å²) < 4.78 is 6.07. The van der Waals surface area contributed by atoms with Crippen molar-refractivity contribution in [2.45, 2.75) is 38.9 Å². The molecule has 0 aliphatic heterocycles. The average Bonchev–Trinajstić information content (AvgIpc) is 2.21. The molecule has 19 heavy (non-hydrogen) atoms. The summed E-state index contributed by atoms with van der Waals surface area (Å²) in [7, 11) is -3.65. The van der Waals surface area contributed by atoms with E-state index in [1.54, 1.807) is 0 Å². The van der Waals surface area contributed by atoms with E-state index in [9.17, 15) is 0 Å². The zero-order valence-electron chi connectivity index (χ0n) is 11.8. The predicted octanol–water partition coefficient (Wildman–Crippen LogP) is 3.06. The number of halogens is 2. The summed E-state index contributed by atoms with van der Waals surface area (Å²) in [6.45, 7) is 10.5. The number of benzene rings is 1. The minimum atomic E-state index is -2.05. The second-order valence-corrected chi connectivity index (χ2v) is 11.6. The van der Waals surface area contributed by atoms with E-state index < -0.39 is 15.4 Å². The number of hydrogen-bond donors (Lipinski definition) is 2. The van der Waals surface area contributed by atoms with E-state index in [1.165, 1.54) is 12.1 Å².